The molecule has 0 N–H and O–H groups in total. The van der Waals surface area contributed by atoms with Crippen LogP contribution in [0, 0.1) is 0 Å². The zero-order valence-corrected chi connectivity index (χ0v) is 13.4. The van der Waals surface area contributed by atoms with Crippen LogP contribution in [0.1, 0.15) is 57.8 Å². The summed E-state index contributed by atoms with van der Waals surface area (Å²) in [6.45, 7) is 0. The largest absolute Gasteiger partial charge is 0.469 e. The minimum Gasteiger partial charge on any atom is -0.469 e. The second-order valence-corrected chi connectivity index (χ2v) is 9.52. The van der Waals surface area contributed by atoms with Crippen molar-refractivity contribution in [2.45, 2.75) is 63.8 Å². The fraction of sp³-hybridized carbons (Fsp3) is 0.917. The van der Waals surface area contributed by atoms with E-state index in [0.29, 0.717) is 6.42 Å². The van der Waals surface area contributed by atoms with Crippen molar-refractivity contribution in [3.05, 3.63) is 0 Å². The number of carbonyl (C=O) groups excluding carboxylic acids is 1. The Morgan fingerprint density at radius 2 is 1.41 bits per heavy atom. The molecule has 0 amide bonds. The number of methoxy groups -OCH3 is 1. The van der Waals surface area contributed by atoms with Crippen molar-refractivity contribution < 1.29 is 9.53 Å². The average molecular weight is 299 g/mol. The first-order chi connectivity index (χ1) is 8.16. The number of unbranched alkanes of at least 4 members (excludes halogenated alkanes) is 7. The molecule has 5 heteroatoms. The van der Waals surface area contributed by atoms with E-state index in [1.165, 1.54) is 45.6 Å². The van der Waals surface area contributed by atoms with Crippen LogP contribution in [-0.2, 0) is 9.53 Å². The Morgan fingerprint density at radius 1 is 0.941 bits per heavy atom. The van der Waals surface area contributed by atoms with Gasteiger partial charge in [0.1, 0.15) is 0 Å². The normalized spacial score (nSPS) is 10.8. The highest BCUT2D eigenvalue weighted by Gasteiger charge is 2.01. The summed E-state index contributed by atoms with van der Waals surface area (Å²) in [5.74, 6) is -0.0918. The van der Waals surface area contributed by atoms with Gasteiger partial charge in [0, 0.05) is 6.42 Å². The molecule has 0 aliphatic carbocycles. The van der Waals surface area contributed by atoms with Crippen molar-refractivity contribution in [2.75, 3.05) is 7.11 Å². The summed E-state index contributed by atoms with van der Waals surface area (Å²) in [4.78, 5) is 10.8. The van der Waals surface area contributed by atoms with E-state index < -0.39 is 7.42 Å². The smallest absolute Gasteiger partial charge is 0.305 e. The fourth-order valence-corrected chi connectivity index (χ4v) is 3.25. The summed E-state index contributed by atoms with van der Waals surface area (Å²) in [6.07, 6.45) is 10.2. The summed E-state index contributed by atoms with van der Waals surface area (Å²) in [5, 5.41) is 0. The van der Waals surface area contributed by atoms with Crippen molar-refractivity contribution >= 4 is 35.5 Å². The first-order valence-electron chi connectivity index (χ1n) is 6.51. The fourth-order valence-electron chi connectivity index (χ4n) is 1.73. The standard InChI is InChI=1S/C12H24Cl2O2Si/c1-16-12(15)10-8-6-4-2-3-5-7-9-11-17(13)14/h17H,2-11H2,1H3. The topological polar surface area (TPSA) is 26.3 Å². The summed E-state index contributed by atoms with van der Waals surface area (Å²) >= 11 is 11.6. The van der Waals surface area contributed by atoms with Crippen molar-refractivity contribution in [3.63, 3.8) is 0 Å². The molecule has 102 valence electrons. The van der Waals surface area contributed by atoms with E-state index in [0.717, 1.165) is 18.9 Å². The number of carbonyl (C=O) groups is 1. The summed E-state index contributed by atoms with van der Waals surface area (Å²) in [5.41, 5.74) is 0. The molecule has 0 unspecified atom stereocenters. The van der Waals surface area contributed by atoms with E-state index in [-0.39, 0.29) is 5.97 Å². The highest BCUT2D eigenvalue weighted by atomic mass is 35.7. The number of ether oxygens (including phenoxy) is 1. The SMILES string of the molecule is COC(=O)CCCCCCCCCC[SiH](Cl)Cl. The molecule has 0 spiro atoms. The summed E-state index contributed by atoms with van der Waals surface area (Å²) in [6, 6.07) is 1.04. The second kappa shape index (κ2) is 12.7. The van der Waals surface area contributed by atoms with Gasteiger partial charge >= 0.3 is 5.97 Å². The molecule has 0 rings (SSSR count). The highest BCUT2D eigenvalue weighted by Crippen LogP contribution is 2.13. The van der Waals surface area contributed by atoms with Gasteiger partial charge in [0.2, 0.25) is 7.42 Å². The van der Waals surface area contributed by atoms with Crippen molar-refractivity contribution in [1.82, 2.24) is 0 Å². The third-order valence-electron chi connectivity index (χ3n) is 2.78. The van der Waals surface area contributed by atoms with Crippen LogP contribution in [0.25, 0.3) is 0 Å². The average Bonchev–Trinajstić information content (AvgIpc) is 2.30. The van der Waals surface area contributed by atoms with Crippen molar-refractivity contribution in [1.29, 1.82) is 0 Å². The molecule has 0 bridgehead atoms. The summed E-state index contributed by atoms with van der Waals surface area (Å²) in [7, 11) is 0.0847. The molecule has 0 fully saturated rings. The van der Waals surface area contributed by atoms with Gasteiger partial charge in [-0.1, -0.05) is 44.9 Å². The molecule has 0 atom stereocenters. The Morgan fingerprint density at radius 3 is 1.88 bits per heavy atom. The van der Waals surface area contributed by atoms with E-state index in [1.807, 2.05) is 0 Å². The van der Waals surface area contributed by atoms with Gasteiger partial charge in [-0.2, -0.15) is 22.2 Å². The molecule has 0 radical (unpaired) electrons. The number of hydrogen-bond acceptors (Lipinski definition) is 2. The number of esters is 1. The predicted octanol–water partition coefficient (Wildman–Crippen LogP) is 4.37. The van der Waals surface area contributed by atoms with Crippen LogP contribution in [0.4, 0.5) is 0 Å². The Bertz CT molecular complexity index is 189. The number of halogens is 2. The molecule has 0 aromatic heterocycles. The molecule has 0 saturated heterocycles. The lowest BCUT2D eigenvalue weighted by molar-refractivity contribution is -0.140. The van der Waals surface area contributed by atoms with Crippen LogP contribution in [0.2, 0.25) is 6.04 Å². The van der Waals surface area contributed by atoms with E-state index in [2.05, 4.69) is 4.74 Å². The monoisotopic (exact) mass is 298 g/mol. The maximum absolute atomic E-state index is 10.8. The maximum Gasteiger partial charge on any atom is 0.305 e. The van der Waals surface area contributed by atoms with Crippen molar-refractivity contribution in [2.24, 2.45) is 0 Å². The Labute approximate surface area is 116 Å². The van der Waals surface area contributed by atoms with Crippen LogP contribution >= 0.6 is 22.2 Å². The molecule has 17 heavy (non-hydrogen) atoms. The first-order valence-corrected chi connectivity index (χ1v) is 10.8. The second-order valence-electron chi connectivity index (χ2n) is 4.33. The van der Waals surface area contributed by atoms with Crippen LogP contribution < -0.4 is 0 Å². The third kappa shape index (κ3) is 14.2. The van der Waals surface area contributed by atoms with Crippen LogP contribution in [-0.4, -0.2) is 20.5 Å². The van der Waals surface area contributed by atoms with Crippen LogP contribution in [0.15, 0.2) is 0 Å². The molecule has 0 aromatic carbocycles. The highest BCUT2D eigenvalue weighted by molar-refractivity contribution is 7.33. The van der Waals surface area contributed by atoms with Gasteiger partial charge in [0.05, 0.1) is 7.11 Å². The van der Waals surface area contributed by atoms with Crippen LogP contribution in [0.3, 0.4) is 0 Å². The van der Waals surface area contributed by atoms with Gasteiger partial charge in [-0.3, -0.25) is 4.79 Å². The minimum absolute atomic E-state index is 0.0918. The summed E-state index contributed by atoms with van der Waals surface area (Å²) < 4.78 is 4.58. The van der Waals surface area contributed by atoms with E-state index in [1.54, 1.807) is 0 Å². The van der Waals surface area contributed by atoms with E-state index in [4.69, 9.17) is 22.2 Å². The first kappa shape index (κ1) is 17.3. The zero-order valence-electron chi connectivity index (χ0n) is 10.7. The van der Waals surface area contributed by atoms with E-state index >= 15 is 0 Å². The minimum atomic E-state index is -1.36. The van der Waals surface area contributed by atoms with Gasteiger partial charge in [0.15, 0.2) is 0 Å². The van der Waals surface area contributed by atoms with Gasteiger partial charge in [-0.25, -0.2) is 0 Å². The molecule has 0 aliphatic rings. The van der Waals surface area contributed by atoms with Crippen LogP contribution in [0.5, 0.6) is 0 Å². The lowest BCUT2D eigenvalue weighted by atomic mass is 10.1. The number of rotatable bonds is 11. The maximum atomic E-state index is 10.8. The third-order valence-corrected chi connectivity index (χ3v) is 4.93. The molecule has 0 heterocycles. The quantitative estimate of drug-likeness (QED) is 0.245. The zero-order chi connectivity index (χ0) is 12.9. The van der Waals surface area contributed by atoms with Gasteiger partial charge in [-0.05, 0) is 12.5 Å². The molecule has 0 aromatic rings. The van der Waals surface area contributed by atoms with Gasteiger partial charge in [0.25, 0.3) is 0 Å². The Balaban J connectivity index is 3.01. The van der Waals surface area contributed by atoms with E-state index in [9.17, 15) is 4.79 Å². The molecular formula is C12H24Cl2O2Si. The Kier molecular flexibility index (Phi) is 12.9. The lowest BCUT2D eigenvalue weighted by Crippen LogP contribution is -1.99. The van der Waals surface area contributed by atoms with Gasteiger partial charge in [-0.15, -0.1) is 0 Å². The van der Waals surface area contributed by atoms with Gasteiger partial charge < -0.3 is 4.74 Å². The molecular weight excluding hydrogens is 275 g/mol. The van der Waals surface area contributed by atoms with Crippen molar-refractivity contribution in [3.8, 4) is 0 Å². The number of hydrogen-bond donors (Lipinski definition) is 0. The molecule has 2 nitrogen and oxygen atoms in total. The predicted molar refractivity (Wildman–Crippen MR) is 77.2 cm³/mol. The molecule has 0 saturated carbocycles. The Hall–Kier alpha value is 0.267. The lowest BCUT2D eigenvalue weighted by Gasteiger charge is -2.02. The molecule has 0 aliphatic heterocycles.